The third-order valence-electron chi connectivity index (χ3n) is 3.65. The van der Waals surface area contributed by atoms with Crippen molar-refractivity contribution in [1.82, 2.24) is 0 Å². The van der Waals surface area contributed by atoms with E-state index in [9.17, 15) is 4.39 Å². The van der Waals surface area contributed by atoms with Crippen molar-refractivity contribution in [3.05, 3.63) is 63.9 Å². The van der Waals surface area contributed by atoms with Crippen molar-refractivity contribution in [2.75, 3.05) is 5.32 Å². The van der Waals surface area contributed by atoms with E-state index in [1.165, 1.54) is 6.07 Å². The van der Waals surface area contributed by atoms with Crippen LogP contribution < -0.4 is 5.32 Å². The summed E-state index contributed by atoms with van der Waals surface area (Å²) < 4.78 is 13.7. The lowest BCUT2D eigenvalue weighted by molar-refractivity contribution is 0.612. The zero-order valence-electron chi connectivity index (χ0n) is 10.7. The average Bonchev–Trinajstić information content (AvgIpc) is 2.84. The Hall–Kier alpha value is -2.05. The van der Waals surface area contributed by atoms with Gasteiger partial charge in [-0.3, -0.25) is 0 Å². The quantitative estimate of drug-likeness (QED) is 0.885. The Morgan fingerprint density at radius 3 is 2.95 bits per heavy atom. The van der Waals surface area contributed by atoms with E-state index >= 15 is 0 Å². The maximum atomic E-state index is 13.7. The van der Waals surface area contributed by atoms with E-state index in [-0.39, 0.29) is 11.9 Å². The normalized spacial score (nSPS) is 16.6. The fourth-order valence-corrected chi connectivity index (χ4v) is 2.85. The number of halogens is 2. The third kappa shape index (κ3) is 2.23. The molecule has 2 nitrogen and oxygen atoms in total. The maximum absolute atomic E-state index is 13.7. The number of fused-ring (bicyclic) bond motifs is 1. The van der Waals surface area contributed by atoms with E-state index in [0.29, 0.717) is 22.7 Å². The molecule has 4 heteroatoms. The fourth-order valence-electron chi connectivity index (χ4n) is 2.68. The molecule has 0 aromatic heterocycles. The first-order chi connectivity index (χ1) is 9.69. The van der Waals surface area contributed by atoms with Gasteiger partial charge in [0.1, 0.15) is 11.9 Å². The number of rotatable bonds is 2. The highest BCUT2D eigenvalue weighted by molar-refractivity contribution is 6.30. The maximum Gasteiger partial charge on any atom is 0.126 e. The van der Waals surface area contributed by atoms with Crippen molar-refractivity contribution >= 4 is 17.3 Å². The first kappa shape index (κ1) is 13.0. The molecule has 0 saturated heterocycles. The SMILES string of the molecule is N#Cc1ccc(Cl)cc1NC1CCc2c(F)cccc21. The van der Waals surface area contributed by atoms with E-state index in [0.717, 1.165) is 17.5 Å². The number of nitrogens with one attached hydrogen (secondary N) is 1. The highest BCUT2D eigenvalue weighted by atomic mass is 35.5. The van der Waals surface area contributed by atoms with Crippen LogP contribution in [0.1, 0.15) is 29.2 Å². The summed E-state index contributed by atoms with van der Waals surface area (Å²) >= 11 is 5.98. The Morgan fingerprint density at radius 1 is 1.30 bits per heavy atom. The van der Waals surface area contributed by atoms with Crippen LogP contribution in [0.4, 0.5) is 10.1 Å². The van der Waals surface area contributed by atoms with Gasteiger partial charge in [0, 0.05) is 5.02 Å². The molecule has 0 spiro atoms. The van der Waals surface area contributed by atoms with E-state index in [1.54, 1.807) is 24.3 Å². The van der Waals surface area contributed by atoms with Gasteiger partial charge in [-0.05, 0) is 48.2 Å². The zero-order chi connectivity index (χ0) is 14.1. The van der Waals surface area contributed by atoms with Crippen molar-refractivity contribution in [3.63, 3.8) is 0 Å². The minimum absolute atomic E-state index is 0.0197. The van der Waals surface area contributed by atoms with Gasteiger partial charge in [-0.15, -0.1) is 0 Å². The lowest BCUT2D eigenvalue weighted by Crippen LogP contribution is -2.08. The molecule has 100 valence electrons. The molecule has 0 aliphatic heterocycles. The minimum Gasteiger partial charge on any atom is -0.377 e. The van der Waals surface area contributed by atoms with Crippen LogP contribution in [-0.4, -0.2) is 0 Å². The first-order valence-electron chi connectivity index (χ1n) is 6.42. The molecular weight excluding hydrogens is 275 g/mol. The number of hydrogen-bond donors (Lipinski definition) is 1. The average molecular weight is 287 g/mol. The minimum atomic E-state index is -0.154. The summed E-state index contributed by atoms with van der Waals surface area (Å²) in [7, 11) is 0. The highest BCUT2D eigenvalue weighted by Gasteiger charge is 2.25. The van der Waals surface area contributed by atoms with Crippen molar-refractivity contribution in [2.24, 2.45) is 0 Å². The number of nitrogens with zero attached hydrogens (tertiary/aromatic N) is 1. The van der Waals surface area contributed by atoms with E-state index < -0.39 is 0 Å². The van der Waals surface area contributed by atoms with Gasteiger partial charge in [0.15, 0.2) is 0 Å². The van der Waals surface area contributed by atoms with Gasteiger partial charge in [-0.2, -0.15) is 5.26 Å². The van der Waals surface area contributed by atoms with E-state index in [4.69, 9.17) is 16.9 Å². The number of anilines is 1. The smallest absolute Gasteiger partial charge is 0.126 e. The van der Waals surface area contributed by atoms with Crippen LogP contribution in [0.3, 0.4) is 0 Å². The number of benzene rings is 2. The Balaban J connectivity index is 1.94. The molecule has 1 aliphatic carbocycles. The molecule has 0 bridgehead atoms. The van der Waals surface area contributed by atoms with Crippen LogP contribution in [0.25, 0.3) is 0 Å². The van der Waals surface area contributed by atoms with Crippen LogP contribution in [0, 0.1) is 17.1 Å². The summed E-state index contributed by atoms with van der Waals surface area (Å²) in [6.07, 6.45) is 1.52. The molecular formula is C16H12ClFN2. The molecule has 2 aromatic rings. The summed E-state index contributed by atoms with van der Waals surface area (Å²) in [6.45, 7) is 0. The molecule has 1 N–H and O–H groups in total. The van der Waals surface area contributed by atoms with Gasteiger partial charge < -0.3 is 5.32 Å². The largest absolute Gasteiger partial charge is 0.377 e. The molecule has 20 heavy (non-hydrogen) atoms. The van der Waals surface area contributed by atoms with E-state index in [2.05, 4.69) is 11.4 Å². The molecule has 0 radical (unpaired) electrons. The van der Waals surface area contributed by atoms with Crippen LogP contribution in [0.15, 0.2) is 36.4 Å². The van der Waals surface area contributed by atoms with Crippen LogP contribution in [0.5, 0.6) is 0 Å². The fraction of sp³-hybridized carbons (Fsp3) is 0.188. The molecule has 1 unspecified atom stereocenters. The van der Waals surface area contributed by atoms with Gasteiger partial charge in [0.25, 0.3) is 0 Å². The molecule has 0 amide bonds. The van der Waals surface area contributed by atoms with E-state index in [1.807, 2.05) is 6.07 Å². The molecule has 0 fully saturated rings. The van der Waals surface area contributed by atoms with Crippen LogP contribution in [-0.2, 0) is 6.42 Å². The lowest BCUT2D eigenvalue weighted by Gasteiger charge is -2.17. The second-order valence-corrected chi connectivity index (χ2v) is 5.28. The van der Waals surface area contributed by atoms with Gasteiger partial charge in [0.2, 0.25) is 0 Å². The summed E-state index contributed by atoms with van der Waals surface area (Å²) in [5.74, 6) is -0.154. The van der Waals surface area contributed by atoms with Crippen LogP contribution in [0.2, 0.25) is 5.02 Å². The topological polar surface area (TPSA) is 35.8 Å². The number of hydrogen-bond acceptors (Lipinski definition) is 2. The van der Waals surface area contributed by atoms with Gasteiger partial charge in [0.05, 0.1) is 17.3 Å². The van der Waals surface area contributed by atoms with Crippen molar-refractivity contribution < 1.29 is 4.39 Å². The van der Waals surface area contributed by atoms with Gasteiger partial charge in [-0.1, -0.05) is 23.7 Å². The van der Waals surface area contributed by atoms with Crippen LogP contribution >= 0.6 is 11.6 Å². The monoisotopic (exact) mass is 286 g/mol. The Labute approximate surface area is 121 Å². The molecule has 1 atom stereocenters. The summed E-state index contributed by atoms with van der Waals surface area (Å²) in [6, 6.07) is 12.4. The Morgan fingerprint density at radius 2 is 2.15 bits per heavy atom. The first-order valence-corrected chi connectivity index (χ1v) is 6.80. The third-order valence-corrected chi connectivity index (χ3v) is 3.88. The second kappa shape index (κ2) is 5.15. The number of nitriles is 1. The molecule has 0 heterocycles. The Kier molecular flexibility index (Phi) is 3.33. The van der Waals surface area contributed by atoms with Crippen molar-refractivity contribution in [1.29, 1.82) is 5.26 Å². The standard InChI is InChI=1S/C16H12ClFN2/c17-11-5-4-10(9-19)16(8-11)20-15-7-6-12-13(15)2-1-3-14(12)18/h1-5,8,15,20H,6-7H2. The van der Waals surface area contributed by atoms with Crippen molar-refractivity contribution in [3.8, 4) is 6.07 Å². The second-order valence-electron chi connectivity index (χ2n) is 4.84. The predicted octanol–water partition coefficient (Wildman–Crippen LogP) is 4.45. The summed E-state index contributed by atoms with van der Waals surface area (Å²) in [5, 5.41) is 13.0. The van der Waals surface area contributed by atoms with Crippen molar-refractivity contribution in [2.45, 2.75) is 18.9 Å². The molecule has 0 saturated carbocycles. The summed E-state index contributed by atoms with van der Waals surface area (Å²) in [4.78, 5) is 0. The summed E-state index contributed by atoms with van der Waals surface area (Å²) in [5.41, 5.74) is 2.97. The zero-order valence-corrected chi connectivity index (χ0v) is 11.4. The lowest BCUT2D eigenvalue weighted by atomic mass is 10.1. The molecule has 2 aromatic carbocycles. The van der Waals surface area contributed by atoms with Gasteiger partial charge >= 0.3 is 0 Å². The van der Waals surface area contributed by atoms with Gasteiger partial charge in [-0.25, -0.2) is 4.39 Å². The Bertz CT molecular complexity index is 706. The molecule has 1 aliphatic rings. The highest BCUT2D eigenvalue weighted by Crippen LogP contribution is 2.36. The predicted molar refractivity (Wildman–Crippen MR) is 77.3 cm³/mol. The molecule has 3 rings (SSSR count).